The molecule has 0 aliphatic rings. The number of nitrogens with zero attached hydrogens (tertiary/aromatic N) is 3. The van der Waals surface area contributed by atoms with Gasteiger partial charge in [-0.15, -0.1) is 10.2 Å². The van der Waals surface area contributed by atoms with Gasteiger partial charge in [-0.3, -0.25) is 4.79 Å². The van der Waals surface area contributed by atoms with Crippen LogP contribution in [-0.2, 0) is 6.42 Å². The van der Waals surface area contributed by atoms with E-state index in [1.807, 2.05) is 75.6 Å². The number of hydrogen-bond donors (Lipinski definition) is 1. The standard InChI is InChI=1S/C27H28N4O2/c1-19-9-7-8-12-24(19)27-30-29-26(33-27)22-15-13-21(14-16-22)25(32)28-18-23(31(2)3)17-20-10-5-4-6-11-20/h4-16,23H,17-18H2,1-3H3,(H,28,32). The fourth-order valence-electron chi connectivity index (χ4n) is 3.66. The number of aryl methyl sites for hydroxylation is 1. The lowest BCUT2D eigenvalue weighted by Gasteiger charge is -2.24. The first kappa shape index (κ1) is 22.4. The monoisotopic (exact) mass is 440 g/mol. The SMILES string of the molecule is Cc1ccccc1-c1nnc(-c2ccc(C(=O)NCC(Cc3ccccc3)N(C)C)cc2)o1. The molecule has 1 heterocycles. The molecule has 4 aromatic rings. The van der Waals surface area contributed by atoms with Gasteiger partial charge in [0.2, 0.25) is 11.8 Å². The number of aromatic nitrogens is 2. The third-order valence-electron chi connectivity index (χ3n) is 5.74. The number of nitrogens with one attached hydrogen (secondary N) is 1. The first-order valence-corrected chi connectivity index (χ1v) is 11.0. The van der Waals surface area contributed by atoms with Crippen molar-refractivity contribution in [3.05, 3.63) is 95.6 Å². The molecule has 1 amide bonds. The predicted molar refractivity (Wildman–Crippen MR) is 130 cm³/mol. The van der Waals surface area contributed by atoms with Crippen molar-refractivity contribution in [3.63, 3.8) is 0 Å². The fourth-order valence-corrected chi connectivity index (χ4v) is 3.66. The van der Waals surface area contributed by atoms with E-state index in [0.717, 1.165) is 23.1 Å². The average Bonchev–Trinajstić information content (AvgIpc) is 3.32. The Bertz CT molecular complexity index is 1200. The maximum Gasteiger partial charge on any atom is 0.251 e. The number of rotatable bonds is 8. The molecule has 4 rings (SSSR count). The van der Waals surface area contributed by atoms with Gasteiger partial charge in [0.15, 0.2) is 0 Å². The summed E-state index contributed by atoms with van der Waals surface area (Å²) in [7, 11) is 4.06. The minimum Gasteiger partial charge on any atom is -0.416 e. The molecule has 33 heavy (non-hydrogen) atoms. The Hall–Kier alpha value is -3.77. The van der Waals surface area contributed by atoms with E-state index >= 15 is 0 Å². The van der Waals surface area contributed by atoms with Crippen LogP contribution < -0.4 is 5.32 Å². The Labute approximate surface area is 194 Å². The fraction of sp³-hybridized carbons (Fsp3) is 0.222. The lowest BCUT2D eigenvalue weighted by molar-refractivity contribution is 0.0941. The van der Waals surface area contributed by atoms with Gasteiger partial charge in [0.1, 0.15) is 0 Å². The van der Waals surface area contributed by atoms with Crippen LogP contribution in [0.5, 0.6) is 0 Å². The Morgan fingerprint density at radius 2 is 1.58 bits per heavy atom. The van der Waals surface area contributed by atoms with E-state index < -0.39 is 0 Å². The van der Waals surface area contributed by atoms with Crippen LogP contribution in [-0.4, -0.2) is 47.7 Å². The zero-order valence-corrected chi connectivity index (χ0v) is 19.2. The van der Waals surface area contributed by atoms with E-state index in [9.17, 15) is 4.79 Å². The molecular weight excluding hydrogens is 412 g/mol. The highest BCUT2D eigenvalue weighted by Gasteiger charge is 2.16. The largest absolute Gasteiger partial charge is 0.416 e. The molecule has 3 aromatic carbocycles. The van der Waals surface area contributed by atoms with Gasteiger partial charge in [-0.2, -0.15) is 0 Å². The number of carbonyl (C=O) groups excluding carboxylic acids is 1. The number of carbonyl (C=O) groups is 1. The second-order valence-corrected chi connectivity index (χ2v) is 8.32. The van der Waals surface area contributed by atoms with Crippen molar-refractivity contribution in [2.24, 2.45) is 0 Å². The Morgan fingerprint density at radius 3 is 2.27 bits per heavy atom. The van der Waals surface area contributed by atoms with Crippen LogP contribution in [0.1, 0.15) is 21.5 Å². The van der Waals surface area contributed by atoms with Crippen LogP contribution in [0.25, 0.3) is 22.9 Å². The van der Waals surface area contributed by atoms with E-state index in [1.165, 1.54) is 5.56 Å². The van der Waals surface area contributed by atoms with Crippen LogP contribution in [0.15, 0.2) is 83.3 Å². The van der Waals surface area contributed by atoms with Gasteiger partial charge >= 0.3 is 0 Å². The van der Waals surface area contributed by atoms with Crippen LogP contribution in [0.2, 0.25) is 0 Å². The zero-order chi connectivity index (χ0) is 23.2. The number of amides is 1. The minimum atomic E-state index is -0.104. The van der Waals surface area contributed by atoms with E-state index in [2.05, 4.69) is 32.5 Å². The second-order valence-electron chi connectivity index (χ2n) is 8.32. The summed E-state index contributed by atoms with van der Waals surface area (Å²) in [4.78, 5) is 14.9. The molecule has 1 N–H and O–H groups in total. The van der Waals surface area contributed by atoms with Crippen LogP contribution in [0.4, 0.5) is 0 Å². The van der Waals surface area contributed by atoms with Gasteiger partial charge < -0.3 is 14.6 Å². The van der Waals surface area contributed by atoms with Crippen molar-refractivity contribution in [3.8, 4) is 22.9 Å². The first-order chi connectivity index (χ1) is 16.0. The summed E-state index contributed by atoms with van der Waals surface area (Å²) in [6, 6.07) is 25.6. The Morgan fingerprint density at radius 1 is 0.909 bits per heavy atom. The molecule has 0 fully saturated rings. The zero-order valence-electron chi connectivity index (χ0n) is 19.2. The summed E-state index contributed by atoms with van der Waals surface area (Å²) < 4.78 is 5.87. The van der Waals surface area contributed by atoms with Crippen molar-refractivity contribution in [1.82, 2.24) is 20.4 Å². The molecule has 1 unspecified atom stereocenters. The topological polar surface area (TPSA) is 71.3 Å². The maximum atomic E-state index is 12.7. The highest BCUT2D eigenvalue weighted by Crippen LogP contribution is 2.26. The van der Waals surface area contributed by atoms with Crippen molar-refractivity contribution < 1.29 is 9.21 Å². The lowest BCUT2D eigenvalue weighted by atomic mass is 10.0. The van der Waals surface area contributed by atoms with Crippen molar-refractivity contribution in [2.75, 3.05) is 20.6 Å². The highest BCUT2D eigenvalue weighted by molar-refractivity contribution is 5.94. The molecule has 1 aromatic heterocycles. The molecule has 0 saturated heterocycles. The quantitative estimate of drug-likeness (QED) is 0.433. The molecule has 0 aliphatic carbocycles. The Balaban J connectivity index is 1.40. The van der Waals surface area contributed by atoms with Gasteiger partial charge in [-0.05, 0) is 68.9 Å². The smallest absolute Gasteiger partial charge is 0.251 e. The summed E-state index contributed by atoms with van der Waals surface area (Å²) in [5, 5.41) is 11.4. The normalized spacial score (nSPS) is 12.0. The van der Waals surface area contributed by atoms with Gasteiger partial charge in [0.05, 0.1) is 0 Å². The molecule has 0 bridgehead atoms. The van der Waals surface area contributed by atoms with Crippen LogP contribution >= 0.6 is 0 Å². The minimum absolute atomic E-state index is 0.104. The van der Waals surface area contributed by atoms with Crippen molar-refractivity contribution in [2.45, 2.75) is 19.4 Å². The second kappa shape index (κ2) is 10.2. The molecule has 0 saturated carbocycles. The van der Waals surface area contributed by atoms with Crippen LogP contribution in [0, 0.1) is 6.92 Å². The molecular formula is C27H28N4O2. The molecule has 1 atom stereocenters. The highest BCUT2D eigenvalue weighted by atomic mass is 16.4. The summed E-state index contributed by atoms with van der Waals surface area (Å²) in [6.45, 7) is 2.57. The molecule has 0 spiro atoms. The number of benzene rings is 3. The summed E-state index contributed by atoms with van der Waals surface area (Å²) >= 11 is 0. The summed E-state index contributed by atoms with van der Waals surface area (Å²) in [6.07, 6.45) is 0.868. The van der Waals surface area contributed by atoms with Crippen LogP contribution in [0.3, 0.4) is 0 Å². The maximum absolute atomic E-state index is 12.7. The molecule has 168 valence electrons. The van der Waals surface area contributed by atoms with Gasteiger partial charge in [-0.1, -0.05) is 48.5 Å². The number of hydrogen-bond acceptors (Lipinski definition) is 5. The third-order valence-corrected chi connectivity index (χ3v) is 5.74. The van der Waals surface area contributed by atoms with Gasteiger partial charge in [-0.25, -0.2) is 0 Å². The van der Waals surface area contributed by atoms with E-state index in [-0.39, 0.29) is 11.9 Å². The van der Waals surface area contributed by atoms with Crippen molar-refractivity contribution in [1.29, 1.82) is 0 Å². The molecule has 6 nitrogen and oxygen atoms in total. The third kappa shape index (κ3) is 5.54. The van der Waals surface area contributed by atoms with Gasteiger partial charge in [0, 0.05) is 29.3 Å². The summed E-state index contributed by atoms with van der Waals surface area (Å²) in [5.74, 6) is 0.807. The van der Waals surface area contributed by atoms with E-state index in [4.69, 9.17) is 4.42 Å². The van der Waals surface area contributed by atoms with E-state index in [0.29, 0.717) is 23.9 Å². The van der Waals surface area contributed by atoms with Crippen molar-refractivity contribution >= 4 is 5.91 Å². The number of likely N-dealkylation sites (N-methyl/N-ethyl adjacent to an activating group) is 1. The predicted octanol–water partition coefficient (Wildman–Crippen LogP) is 4.61. The molecule has 0 radical (unpaired) electrons. The average molecular weight is 441 g/mol. The first-order valence-electron chi connectivity index (χ1n) is 11.0. The van der Waals surface area contributed by atoms with Gasteiger partial charge in [0.25, 0.3) is 5.91 Å². The Kier molecular flexibility index (Phi) is 6.95. The van der Waals surface area contributed by atoms with E-state index in [1.54, 1.807) is 12.1 Å². The molecule has 0 aliphatic heterocycles. The molecule has 6 heteroatoms. The lowest BCUT2D eigenvalue weighted by Crippen LogP contribution is -2.41. The summed E-state index contributed by atoms with van der Waals surface area (Å²) in [5.41, 5.74) is 4.60.